The van der Waals surface area contributed by atoms with Crippen molar-refractivity contribution in [1.29, 1.82) is 0 Å². The van der Waals surface area contributed by atoms with E-state index in [0.29, 0.717) is 37.6 Å². The first-order valence-corrected chi connectivity index (χ1v) is 23.7. The van der Waals surface area contributed by atoms with Crippen LogP contribution in [0.2, 0.25) is 13.3 Å². The Morgan fingerprint density at radius 1 is 0.854 bits per heavy atom. The number of carbonyl (C=O) groups is 4. The van der Waals surface area contributed by atoms with Crippen LogP contribution in [0.3, 0.4) is 0 Å². The van der Waals surface area contributed by atoms with E-state index in [-0.39, 0.29) is 22.0 Å². The number of halogens is 6. The number of alkyl halides is 6. The van der Waals surface area contributed by atoms with Crippen LogP contribution in [0.1, 0.15) is 96.1 Å². The maximum absolute atomic E-state index is 15.0. The molecule has 1 N–H and O–H groups in total. The minimum atomic E-state index is -5.92. The molecule has 0 saturated carbocycles. The fourth-order valence-electron chi connectivity index (χ4n) is 5.94. The number of hydrogen-bond donors (Lipinski definition) is 1. The van der Waals surface area contributed by atoms with E-state index in [1.807, 2.05) is 20.8 Å². The average Bonchev–Trinajstić information content (AvgIpc) is 3.34. The monoisotopic (exact) mass is 804 g/mol. The van der Waals surface area contributed by atoms with Gasteiger partial charge in [-0.15, -0.1) is 0 Å². The zero-order chi connectivity index (χ0) is 36.2. The van der Waals surface area contributed by atoms with Crippen LogP contribution in [0.15, 0.2) is 18.2 Å². The molecule has 1 saturated heterocycles. The van der Waals surface area contributed by atoms with Crippen LogP contribution in [0.25, 0.3) is 0 Å². The third kappa shape index (κ3) is 10.3. The van der Waals surface area contributed by atoms with Crippen LogP contribution in [0, 0.1) is 0 Å². The Morgan fingerprint density at radius 2 is 1.38 bits per heavy atom. The van der Waals surface area contributed by atoms with Crippen LogP contribution >= 0.6 is 0 Å². The van der Waals surface area contributed by atoms with Crippen molar-refractivity contribution in [3.05, 3.63) is 29.3 Å². The molecule has 272 valence electrons. The molecule has 0 aliphatic carbocycles. The molecule has 1 fully saturated rings. The number of benzene rings is 1. The predicted molar refractivity (Wildman–Crippen MR) is 166 cm³/mol. The quantitative estimate of drug-likeness (QED) is 0.0678. The van der Waals surface area contributed by atoms with E-state index in [4.69, 9.17) is 9.57 Å². The number of rotatable bonds is 20. The molecule has 16 heteroatoms. The third-order valence-electron chi connectivity index (χ3n) is 8.50. The summed E-state index contributed by atoms with van der Waals surface area (Å²) in [7, 11) is 0.939. The fraction of sp³-hybridized carbons (Fsp3) is 0.688. The second-order valence-corrected chi connectivity index (χ2v) is 25.1. The van der Waals surface area contributed by atoms with Crippen LogP contribution < -0.4 is 8.90 Å². The molecule has 9 nitrogen and oxygen atoms in total. The molecule has 1 aromatic rings. The number of amides is 3. The van der Waals surface area contributed by atoms with Gasteiger partial charge in [-0.05, 0) is 0 Å². The summed E-state index contributed by atoms with van der Waals surface area (Å²) in [6.07, 6.45) is -8.86. The van der Waals surface area contributed by atoms with Gasteiger partial charge in [0.05, 0.1) is 0 Å². The van der Waals surface area contributed by atoms with Crippen molar-refractivity contribution in [1.82, 2.24) is 10.4 Å². The Balaban J connectivity index is 2.58. The SMILES string of the molecule is CCC[CH2][Sn]([CH2]CCC)([CH2]CCC)[c]1ccc(CNC(=O)CCC(=O)ON2C(=O)CCC2=O)cc1C(OCOC)(C(F)(F)F)C(F)(F)F. The fourth-order valence-corrected chi connectivity index (χ4v) is 22.8. The number of unbranched alkanes of at least 4 members (excludes halogenated alkanes) is 3. The van der Waals surface area contributed by atoms with Gasteiger partial charge in [-0.3, -0.25) is 9.59 Å². The third-order valence-corrected chi connectivity index (χ3v) is 24.2. The average molecular weight is 803 g/mol. The van der Waals surface area contributed by atoms with Crippen molar-refractivity contribution in [3.8, 4) is 0 Å². The topological polar surface area (TPSA) is 111 Å². The van der Waals surface area contributed by atoms with Gasteiger partial charge in [0.2, 0.25) is 0 Å². The van der Waals surface area contributed by atoms with Crippen LogP contribution in [-0.4, -0.2) is 73.4 Å². The molecule has 1 aliphatic rings. The number of methoxy groups -OCH3 is 1. The predicted octanol–water partition coefficient (Wildman–Crippen LogP) is 6.69. The van der Waals surface area contributed by atoms with E-state index in [9.17, 15) is 45.5 Å². The molecule has 1 aromatic carbocycles. The molecular weight excluding hydrogens is 757 g/mol. The van der Waals surface area contributed by atoms with Crippen molar-refractivity contribution in [2.75, 3.05) is 13.9 Å². The molecule has 1 heterocycles. The van der Waals surface area contributed by atoms with Gasteiger partial charge in [-0.1, -0.05) is 0 Å². The second-order valence-electron chi connectivity index (χ2n) is 12.0. The number of nitrogens with one attached hydrogen (secondary N) is 1. The second kappa shape index (κ2) is 18.6. The Labute approximate surface area is 281 Å². The molecule has 0 radical (unpaired) electrons. The van der Waals surface area contributed by atoms with E-state index in [1.165, 1.54) is 12.1 Å². The first kappa shape index (κ1) is 41.8. The molecule has 0 bridgehead atoms. The summed E-state index contributed by atoms with van der Waals surface area (Å²) in [4.78, 5) is 52.6. The summed E-state index contributed by atoms with van der Waals surface area (Å²) in [5.41, 5.74) is -5.72. The first-order valence-electron chi connectivity index (χ1n) is 16.3. The van der Waals surface area contributed by atoms with Gasteiger partial charge < -0.3 is 0 Å². The van der Waals surface area contributed by atoms with Gasteiger partial charge in [-0.2, -0.15) is 0 Å². The summed E-state index contributed by atoms with van der Waals surface area (Å²) < 4.78 is 101. The zero-order valence-electron chi connectivity index (χ0n) is 27.9. The van der Waals surface area contributed by atoms with Gasteiger partial charge in [0.1, 0.15) is 0 Å². The number of hydroxylamine groups is 2. The molecule has 0 aromatic heterocycles. The number of ether oxygens (including phenoxy) is 2. The van der Waals surface area contributed by atoms with E-state index >= 15 is 0 Å². The van der Waals surface area contributed by atoms with E-state index in [1.54, 1.807) is 0 Å². The number of nitrogens with zero attached hydrogens (tertiary/aromatic N) is 1. The number of imide groups is 1. The van der Waals surface area contributed by atoms with Crippen LogP contribution in [0.4, 0.5) is 26.3 Å². The van der Waals surface area contributed by atoms with Crippen molar-refractivity contribution in [3.63, 3.8) is 0 Å². The molecule has 3 amide bonds. The molecule has 48 heavy (non-hydrogen) atoms. The zero-order valence-corrected chi connectivity index (χ0v) is 30.8. The molecule has 0 atom stereocenters. The van der Waals surface area contributed by atoms with Crippen molar-refractivity contribution >= 4 is 45.6 Å². The summed E-state index contributed by atoms with van der Waals surface area (Å²) in [5, 5.41) is 2.75. The number of hydrogen-bond acceptors (Lipinski definition) is 7. The molecule has 2 rings (SSSR count). The van der Waals surface area contributed by atoms with E-state index in [2.05, 4.69) is 10.1 Å². The Bertz CT molecular complexity index is 1210. The normalized spacial score (nSPS) is 14.5. The van der Waals surface area contributed by atoms with Gasteiger partial charge >= 0.3 is 248 Å². The van der Waals surface area contributed by atoms with Gasteiger partial charge in [0.25, 0.3) is 11.8 Å². The van der Waals surface area contributed by atoms with Crippen molar-refractivity contribution in [2.45, 2.75) is 123 Å². The standard InChI is InChI=1S/C20H19F6N2O7.3C4H9.Sn/c1-33-11-34-18(19(21,22)23,20(24,25)26)13-4-2-3-12(9-13)10-27-14(29)5-8-17(32)35-28-15(30)6-7-16(28)31;3*1-3-4-2;/h2-3,9H,5-8,10-11H2,1H3,(H,27,29);3*1,3-4H2,2H3;. The molecule has 0 spiro atoms. The van der Waals surface area contributed by atoms with Crippen LogP contribution in [0.5, 0.6) is 0 Å². The summed E-state index contributed by atoms with van der Waals surface area (Å²) >= 11 is -4.04. The van der Waals surface area contributed by atoms with Crippen molar-refractivity contribution < 1.29 is 59.8 Å². The Morgan fingerprint density at radius 3 is 1.83 bits per heavy atom. The summed E-state index contributed by atoms with van der Waals surface area (Å²) in [6, 6.07) is 3.68. The Kier molecular flexibility index (Phi) is 16.1. The summed E-state index contributed by atoms with van der Waals surface area (Å²) in [5.74, 6) is -3.19. The van der Waals surface area contributed by atoms with Gasteiger partial charge in [0.15, 0.2) is 0 Å². The maximum atomic E-state index is 15.0. The summed E-state index contributed by atoms with van der Waals surface area (Å²) in [6.45, 7) is 4.09. The minimum absolute atomic E-state index is 0.0292. The van der Waals surface area contributed by atoms with E-state index in [0.717, 1.165) is 32.4 Å². The molecule has 1 aliphatic heterocycles. The number of carbonyl (C=O) groups excluding carboxylic acids is 4. The van der Waals surface area contributed by atoms with Crippen molar-refractivity contribution in [2.24, 2.45) is 0 Å². The first-order chi connectivity index (χ1) is 22.5. The van der Waals surface area contributed by atoms with Gasteiger partial charge in [0, 0.05) is 12.8 Å². The Hall–Kier alpha value is -2.40. The molecule has 0 unspecified atom stereocenters. The van der Waals surface area contributed by atoms with Gasteiger partial charge in [-0.25, -0.2) is 0 Å². The van der Waals surface area contributed by atoms with Crippen LogP contribution in [-0.2, 0) is 45.6 Å². The van der Waals surface area contributed by atoms with E-state index < -0.39 is 91.8 Å². The molecular formula is C32H46F6N2O7Sn.